The summed E-state index contributed by atoms with van der Waals surface area (Å²) in [4.78, 5) is 9.72. The molecule has 0 aliphatic carbocycles. The minimum absolute atomic E-state index is 0.175. The zero-order valence-corrected chi connectivity index (χ0v) is 12.2. The van der Waals surface area contributed by atoms with E-state index in [0.717, 1.165) is 24.6 Å². The first-order chi connectivity index (χ1) is 9.69. The molecular formula is C16H23N3O. The molecule has 1 atom stereocenters. The van der Waals surface area contributed by atoms with Crippen molar-refractivity contribution in [2.24, 2.45) is 0 Å². The molecule has 2 N–H and O–H groups in total. The van der Waals surface area contributed by atoms with Gasteiger partial charge in [0.25, 0.3) is 0 Å². The van der Waals surface area contributed by atoms with E-state index in [1.54, 1.807) is 0 Å². The number of aromatic nitrogens is 2. The van der Waals surface area contributed by atoms with Crippen LogP contribution in [0.5, 0.6) is 0 Å². The molecule has 2 rings (SSSR count). The van der Waals surface area contributed by atoms with E-state index >= 15 is 0 Å². The number of aromatic amines is 1. The number of aliphatic hydroxyl groups excluding tert-OH is 1. The molecule has 0 amide bonds. The van der Waals surface area contributed by atoms with Gasteiger partial charge in [-0.15, -0.1) is 0 Å². The highest BCUT2D eigenvalue weighted by molar-refractivity contribution is 5.19. The van der Waals surface area contributed by atoms with Crippen LogP contribution in [-0.4, -0.2) is 39.7 Å². The Morgan fingerprint density at radius 1 is 1.30 bits per heavy atom. The zero-order valence-electron chi connectivity index (χ0n) is 12.2. The highest BCUT2D eigenvalue weighted by Gasteiger charge is 2.13. The number of rotatable bonds is 7. The molecular weight excluding hydrogens is 250 g/mol. The smallest absolute Gasteiger partial charge is 0.103 e. The lowest BCUT2D eigenvalue weighted by Gasteiger charge is -2.24. The van der Waals surface area contributed by atoms with Gasteiger partial charge in [-0.2, -0.15) is 0 Å². The Morgan fingerprint density at radius 3 is 2.65 bits per heavy atom. The maximum Gasteiger partial charge on any atom is 0.103 e. The number of aryl methyl sites for hydroxylation is 1. The van der Waals surface area contributed by atoms with Crippen molar-refractivity contribution in [1.29, 1.82) is 0 Å². The van der Waals surface area contributed by atoms with Crippen LogP contribution in [0.1, 0.15) is 29.9 Å². The Kier molecular flexibility index (Phi) is 5.32. The number of hydrogen-bond acceptors (Lipinski definition) is 3. The van der Waals surface area contributed by atoms with Crippen LogP contribution < -0.4 is 0 Å². The summed E-state index contributed by atoms with van der Waals surface area (Å²) in [5, 5.41) is 9.24. The van der Waals surface area contributed by atoms with E-state index in [4.69, 9.17) is 0 Å². The molecule has 0 radical (unpaired) electrons. The average Bonchev–Trinajstić information content (AvgIpc) is 2.85. The van der Waals surface area contributed by atoms with Crippen LogP contribution in [0.15, 0.2) is 36.5 Å². The van der Waals surface area contributed by atoms with Gasteiger partial charge in [0.05, 0.1) is 6.61 Å². The number of benzene rings is 1. The third-order valence-electron chi connectivity index (χ3n) is 3.47. The normalized spacial score (nSPS) is 12.8. The number of hydrogen-bond donors (Lipinski definition) is 2. The third kappa shape index (κ3) is 4.18. The monoisotopic (exact) mass is 273 g/mol. The Bertz CT molecular complexity index is 509. The van der Waals surface area contributed by atoms with E-state index in [2.05, 4.69) is 46.1 Å². The molecule has 108 valence electrons. The van der Waals surface area contributed by atoms with E-state index in [9.17, 15) is 5.11 Å². The highest BCUT2D eigenvalue weighted by Crippen LogP contribution is 2.17. The van der Waals surface area contributed by atoms with Gasteiger partial charge in [-0.1, -0.05) is 37.3 Å². The summed E-state index contributed by atoms with van der Waals surface area (Å²) in [6.07, 6.45) is 1.87. The molecule has 0 aliphatic rings. The number of imidazole rings is 1. The molecule has 0 saturated carbocycles. The van der Waals surface area contributed by atoms with Crippen molar-refractivity contribution in [3.05, 3.63) is 53.6 Å². The van der Waals surface area contributed by atoms with Gasteiger partial charge in [0.1, 0.15) is 5.82 Å². The molecule has 0 bridgehead atoms. The summed E-state index contributed by atoms with van der Waals surface area (Å²) >= 11 is 0. The topological polar surface area (TPSA) is 52.1 Å². The van der Waals surface area contributed by atoms with Crippen LogP contribution >= 0.6 is 0 Å². The van der Waals surface area contributed by atoms with Gasteiger partial charge in [-0.05, 0) is 18.4 Å². The molecule has 1 aromatic carbocycles. The van der Waals surface area contributed by atoms with E-state index in [1.807, 2.05) is 19.2 Å². The van der Waals surface area contributed by atoms with Gasteiger partial charge in [0, 0.05) is 31.5 Å². The van der Waals surface area contributed by atoms with E-state index in [0.29, 0.717) is 12.5 Å². The third-order valence-corrected chi connectivity index (χ3v) is 3.47. The summed E-state index contributed by atoms with van der Waals surface area (Å²) in [6.45, 7) is 6.73. The minimum atomic E-state index is 0.175. The van der Waals surface area contributed by atoms with Gasteiger partial charge in [-0.3, -0.25) is 4.90 Å². The summed E-state index contributed by atoms with van der Waals surface area (Å²) in [7, 11) is 0. The Hall–Kier alpha value is -1.65. The number of nitrogens with one attached hydrogen (secondary N) is 1. The molecule has 0 aliphatic heterocycles. The first-order valence-electron chi connectivity index (χ1n) is 7.07. The molecule has 0 fully saturated rings. The van der Waals surface area contributed by atoms with E-state index in [1.165, 1.54) is 5.56 Å². The van der Waals surface area contributed by atoms with Crippen LogP contribution in [0.25, 0.3) is 0 Å². The van der Waals surface area contributed by atoms with Gasteiger partial charge in [-0.25, -0.2) is 4.98 Å². The van der Waals surface area contributed by atoms with Crippen molar-refractivity contribution < 1.29 is 5.11 Å². The lowest BCUT2D eigenvalue weighted by molar-refractivity contribution is 0.183. The first kappa shape index (κ1) is 14.8. The summed E-state index contributed by atoms with van der Waals surface area (Å²) in [5.74, 6) is 1.37. The second kappa shape index (κ2) is 7.22. The van der Waals surface area contributed by atoms with E-state index < -0.39 is 0 Å². The lowest BCUT2D eigenvalue weighted by atomic mass is 10.0. The molecule has 4 heteroatoms. The van der Waals surface area contributed by atoms with Crippen molar-refractivity contribution in [2.45, 2.75) is 26.3 Å². The fourth-order valence-electron chi connectivity index (χ4n) is 2.44. The van der Waals surface area contributed by atoms with Gasteiger partial charge >= 0.3 is 0 Å². The fraction of sp³-hybridized carbons (Fsp3) is 0.438. The number of aliphatic hydroxyl groups is 1. The first-order valence-corrected chi connectivity index (χ1v) is 7.07. The molecule has 1 unspecified atom stereocenters. The highest BCUT2D eigenvalue weighted by atomic mass is 16.3. The van der Waals surface area contributed by atoms with Crippen LogP contribution in [0.3, 0.4) is 0 Å². The molecule has 0 spiro atoms. The van der Waals surface area contributed by atoms with Gasteiger partial charge < -0.3 is 10.1 Å². The molecule has 4 nitrogen and oxygen atoms in total. The molecule has 2 aromatic rings. The Labute approximate surface area is 120 Å². The summed E-state index contributed by atoms with van der Waals surface area (Å²) in [5.41, 5.74) is 2.42. The number of H-pyrrole nitrogens is 1. The Morgan fingerprint density at radius 2 is 2.05 bits per heavy atom. The maximum absolute atomic E-state index is 9.24. The standard InChI is InChI=1S/C16H23N3O/c1-13(15-6-4-3-5-7-15)11-19(8-9-20)12-16-10-17-14(2)18-16/h3-7,10,13,20H,8-9,11-12H2,1-2H3,(H,17,18). The average molecular weight is 273 g/mol. The predicted octanol–water partition coefficient (Wildman–Crippen LogP) is 2.32. The van der Waals surface area contributed by atoms with Crippen molar-refractivity contribution >= 4 is 0 Å². The maximum atomic E-state index is 9.24. The minimum Gasteiger partial charge on any atom is -0.395 e. The van der Waals surface area contributed by atoms with E-state index in [-0.39, 0.29) is 6.61 Å². The van der Waals surface area contributed by atoms with Crippen molar-refractivity contribution in [1.82, 2.24) is 14.9 Å². The van der Waals surface area contributed by atoms with Crippen molar-refractivity contribution in [2.75, 3.05) is 19.7 Å². The molecule has 1 heterocycles. The SMILES string of the molecule is Cc1ncc(CN(CCO)CC(C)c2ccccc2)[nH]1. The van der Waals surface area contributed by atoms with Gasteiger partial charge in [0.2, 0.25) is 0 Å². The van der Waals surface area contributed by atoms with Crippen LogP contribution in [-0.2, 0) is 6.54 Å². The molecule has 1 aromatic heterocycles. The Balaban J connectivity index is 1.98. The number of nitrogens with zero attached hydrogens (tertiary/aromatic N) is 2. The summed E-state index contributed by atoms with van der Waals surface area (Å²) in [6, 6.07) is 10.5. The lowest BCUT2D eigenvalue weighted by Crippen LogP contribution is -2.30. The summed E-state index contributed by atoms with van der Waals surface area (Å²) < 4.78 is 0. The predicted molar refractivity (Wildman–Crippen MR) is 80.5 cm³/mol. The van der Waals surface area contributed by atoms with Crippen LogP contribution in [0, 0.1) is 6.92 Å². The zero-order chi connectivity index (χ0) is 14.4. The van der Waals surface area contributed by atoms with Crippen LogP contribution in [0.2, 0.25) is 0 Å². The second-order valence-electron chi connectivity index (χ2n) is 5.26. The van der Waals surface area contributed by atoms with Crippen LogP contribution in [0.4, 0.5) is 0 Å². The quantitative estimate of drug-likeness (QED) is 0.814. The van der Waals surface area contributed by atoms with Crippen molar-refractivity contribution in [3.63, 3.8) is 0 Å². The van der Waals surface area contributed by atoms with Gasteiger partial charge in [0.15, 0.2) is 0 Å². The second-order valence-corrected chi connectivity index (χ2v) is 5.26. The molecule has 0 saturated heterocycles. The molecule has 20 heavy (non-hydrogen) atoms. The largest absolute Gasteiger partial charge is 0.395 e. The fourth-order valence-corrected chi connectivity index (χ4v) is 2.44. The van der Waals surface area contributed by atoms with Crippen molar-refractivity contribution in [3.8, 4) is 0 Å².